The van der Waals surface area contributed by atoms with Gasteiger partial charge in [0.1, 0.15) is 11.5 Å². The smallest absolute Gasteiger partial charge is 0.338 e. The summed E-state index contributed by atoms with van der Waals surface area (Å²) in [6.07, 6.45) is 0. The quantitative estimate of drug-likeness (QED) is 0.385. The molecular formula is C19H21N3O5S. The molecule has 8 nitrogen and oxygen atoms in total. The van der Waals surface area contributed by atoms with E-state index in [4.69, 9.17) is 26.4 Å². The Labute approximate surface area is 168 Å². The summed E-state index contributed by atoms with van der Waals surface area (Å²) < 4.78 is 15.2. The van der Waals surface area contributed by atoms with Gasteiger partial charge in [-0.2, -0.15) is 0 Å². The van der Waals surface area contributed by atoms with Gasteiger partial charge >= 0.3 is 5.97 Å². The standard InChI is InChI=1S/C19H21N3O5S/c1-4-27-18(24)12-5-7-14(8-6-12)20-19(28)22-21-17(23)13-9-15(25-2)11-16(10-13)26-3/h5-11H,4H2,1-3H3,(H,21,23)(H2,20,22,28). The first-order valence-electron chi connectivity index (χ1n) is 8.34. The van der Waals surface area contributed by atoms with Gasteiger partial charge in [0.05, 0.1) is 26.4 Å². The van der Waals surface area contributed by atoms with E-state index in [-0.39, 0.29) is 5.11 Å². The summed E-state index contributed by atoms with van der Waals surface area (Å²) in [6, 6.07) is 11.4. The largest absolute Gasteiger partial charge is 0.497 e. The summed E-state index contributed by atoms with van der Waals surface area (Å²) in [6.45, 7) is 2.06. The van der Waals surface area contributed by atoms with Gasteiger partial charge in [-0.3, -0.25) is 15.6 Å². The Morgan fingerprint density at radius 3 is 2.07 bits per heavy atom. The number of esters is 1. The average Bonchev–Trinajstić information content (AvgIpc) is 2.72. The van der Waals surface area contributed by atoms with Crippen molar-refractivity contribution in [3.05, 3.63) is 53.6 Å². The molecular weight excluding hydrogens is 382 g/mol. The summed E-state index contributed by atoms with van der Waals surface area (Å²) in [5.41, 5.74) is 6.52. The number of hydrogen-bond donors (Lipinski definition) is 3. The van der Waals surface area contributed by atoms with Crippen LogP contribution in [0.4, 0.5) is 5.69 Å². The van der Waals surface area contributed by atoms with Crippen LogP contribution in [0.2, 0.25) is 0 Å². The monoisotopic (exact) mass is 403 g/mol. The molecule has 0 saturated carbocycles. The van der Waals surface area contributed by atoms with Crippen molar-refractivity contribution >= 4 is 34.9 Å². The maximum atomic E-state index is 12.3. The fraction of sp³-hybridized carbons (Fsp3) is 0.211. The molecule has 0 saturated heterocycles. The van der Waals surface area contributed by atoms with Crippen molar-refractivity contribution < 1.29 is 23.8 Å². The molecule has 2 aromatic carbocycles. The number of benzene rings is 2. The highest BCUT2D eigenvalue weighted by atomic mass is 32.1. The summed E-state index contributed by atoms with van der Waals surface area (Å²) in [4.78, 5) is 23.9. The van der Waals surface area contributed by atoms with E-state index < -0.39 is 11.9 Å². The lowest BCUT2D eigenvalue weighted by atomic mass is 10.2. The van der Waals surface area contributed by atoms with Crippen LogP contribution in [0.5, 0.6) is 11.5 Å². The number of carbonyl (C=O) groups is 2. The summed E-state index contributed by atoms with van der Waals surface area (Å²) in [5, 5.41) is 3.07. The highest BCUT2D eigenvalue weighted by Crippen LogP contribution is 2.22. The second-order valence-corrected chi connectivity index (χ2v) is 5.84. The zero-order valence-electron chi connectivity index (χ0n) is 15.7. The van der Waals surface area contributed by atoms with Crippen LogP contribution in [0.1, 0.15) is 27.6 Å². The highest BCUT2D eigenvalue weighted by Gasteiger charge is 2.10. The molecule has 0 aliphatic heterocycles. The molecule has 9 heteroatoms. The van der Waals surface area contributed by atoms with Crippen LogP contribution in [0.25, 0.3) is 0 Å². The van der Waals surface area contributed by atoms with E-state index in [1.807, 2.05) is 0 Å². The number of ether oxygens (including phenoxy) is 3. The Hall–Kier alpha value is -3.33. The maximum Gasteiger partial charge on any atom is 0.338 e. The predicted molar refractivity (Wildman–Crippen MR) is 109 cm³/mol. The Balaban J connectivity index is 1.91. The van der Waals surface area contributed by atoms with Crippen LogP contribution >= 0.6 is 12.2 Å². The van der Waals surface area contributed by atoms with Crippen LogP contribution in [0, 0.1) is 0 Å². The van der Waals surface area contributed by atoms with E-state index in [9.17, 15) is 9.59 Å². The van der Waals surface area contributed by atoms with Crippen LogP contribution in [-0.2, 0) is 4.74 Å². The van der Waals surface area contributed by atoms with E-state index in [0.717, 1.165) is 0 Å². The molecule has 2 rings (SSSR count). The van der Waals surface area contributed by atoms with E-state index in [2.05, 4.69) is 16.2 Å². The van der Waals surface area contributed by atoms with Gasteiger partial charge in [-0.15, -0.1) is 0 Å². The van der Waals surface area contributed by atoms with Crippen LogP contribution < -0.4 is 25.6 Å². The molecule has 1 amide bonds. The zero-order valence-corrected chi connectivity index (χ0v) is 16.5. The first kappa shape index (κ1) is 21.0. The molecule has 0 radical (unpaired) electrons. The third-order valence-corrected chi connectivity index (χ3v) is 3.76. The Kier molecular flexibility index (Phi) is 7.58. The number of hydrazine groups is 1. The normalized spacial score (nSPS) is 9.82. The topological polar surface area (TPSA) is 97.9 Å². The SMILES string of the molecule is CCOC(=O)c1ccc(NC(=S)NNC(=O)c2cc(OC)cc(OC)c2)cc1. The number of thiocarbonyl (C=S) groups is 1. The van der Waals surface area contributed by atoms with Gasteiger partial charge < -0.3 is 19.5 Å². The van der Waals surface area contributed by atoms with Gasteiger partial charge in [0.15, 0.2) is 5.11 Å². The van der Waals surface area contributed by atoms with Gasteiger partial charge in [0.2, 0.25) is 0 Å². The number of nitrogens with one attached hydrogen (secondary N) is 3. The molecule has 0 unspecified atom stereocenters. The van der Waals surface area contributed by atoms with E-state index >= 15 is 0 Å². The molecule has 2 aromatic rings. The van der Waals surface area contributed by atoms with Crippen LogP contribution in [0.15, 0.2) is 42.5 Å². The molecule has 3 N–H and O–H groups in total. The number of methoxy groups -OCH3 is 2. The molecule has 0 spiro atoms. The molecule has 0 bridgehead atoms. The van der Waals surface area contributed by atoms with Crippen molar-refractivity contribution in [2.24, 2.45) is 0 Å². The fourth-order valence-corrected chi connectivity index (χ4v) is 2.36. The van der Waals surface area contributed by atoms with Gasteiger partial charge in [-0.05, 0) is 55.5 Å². The first-order chi connectivity index (χ1) is 13.5. The summed E-state index contributed by atoms with van der Waals surface area (Å²) >= 11 is 5.15. The Morgan fingerprint density at radius 1 is 0.929 bits per heavy atom. The van der Waals surface area contributed by atoms with E-state index in [1.165, 1.54) is 14.2 Å². The van der Waals surface area contributed by atoms with E-state index in [0.29, 0.717) is 34.9 Å². The molecule has 148 valence electrons. The van der Waals surface area contributed by atoms with Crippen molar-refractivity contribution in [2.45, 2.75) is 6.92 Å². The first-order valence-corrected chi connectivity index (χ1v) is 8.75. The third-order valence-electron chi connectivity index (χ3n) is 3.56. The Morgan fingerprint density at radius 2 is 1.54 bits per heavy atom. The summed E-state index contributed by atoms with van der Waals surface area (Å²) in [5.74, 6) is 0.175. The Bertz CT molecular complexity index is 833. The second kappa shape index (κ2) is 10.1. The van der Waals surface area contributed by atoms with Crippen LogP contribution in [-0.4, -0.2) is 37.8 Å². The highest BCUT2D eigenvalue weighted by molar-refractivity contribution is 7.80. The lowest BCUT2D eigenvalue weighted by Gasteiger charge is -2.13. The molecule has 0 aromatic heterocycles. The third kappa shape index (κ3) is 5.85. The summed E-state index contributed by atoms with van der Waals surface area (Å²) in [7, 11) is 3.00. The predicted octanol–water partition coefficient (Wildman–Crippen LogP) is 2.51. The maximum absolute atomic E-state index is 12.3. The van der Waals surface area contributed by atoms with Crippen molar-refractivity contribution in [3.8, 4) is 11.5 Å². The lowest BCUT2D eigenvalue weighted by Crippen LogP contribution is -2.43. The number of carbonyl (C=O) groups excluding carboxylic acids is 2. The fourth-order valence-electron chi connectivity index (χ4n) is 2.19. The van der Waals surface area contributed by atoms with Crippen molar-refractivity contribution in [3.63, 3.8) is 0 Å². The zero-order chi connectivity index (χ0) is 20.5. The van der Waals surface area contributed by atoms with Gasteiger partial charge in [0.25, 0.3) is 5.91 Å². The number of rotatable bonds is 6. The lowest BCUT2D eigenvalue weighted by molar-refractivity contribution is 0.0526. The minimum atomic E-state index is -0.418. The second-order valence-electron chi connectivity index (χ2n) is 5.43. The number of amides is 1. The van der Waals surface area contributed by atoms with Crippen LogP contribution in [0.3, 0.4) is 0 Å². The number of anilines is 1. The molecule has 0 heterocycles. The average molecular weight is 403 g/mol. The van der Waals surface area contributed by atoms with Crippen molar-refractivity contribution in [2.75, 3.05) is 26.1 Å². The van der Waals surface area contributed by atoms with Gasteiger partial charge in [-0.25, -0.2) is 4.79 Å². The van der Waals surface area contributed by atoms with Crippen molar-refractivity contribution in [1.29, 1.82) is 0 Å². The molecule has 0 atom stereocenters. The number of hydrogen-bond acceptors (Lipinski definition) is 6. The minimum Gasteiger partial charge on any atom is -0.497 e. The molecule has 0 aliphatic rings. The van der Waals surface area contributed by atoms with E-state index in [1.54, 1.807) is 49.4 Å². The molecule has 28 heavy (non-hydrogen) atoms. The molecule has 0 fully saturated rings. The van der Waals surface area contributed by atoms with Gasteiger partial charge in [0, 0.05) is 17.3 Å². The molecule has 0 aliphatic carbocycles. The minimum absolute atomic E-state index is 0.173. The van der Waals surface area contributed by atoms with Gasteiger partial charge in [-0.1, -0.05) is 0 Å². The van der Waals surface area contributed by atoms with Crippen molar-refractivity contribution in [1.82, 2.24) is 10.9 Å².